The molecule has 0 amide bonds. The Bertz CT molecular complexity index is 804. The maximum Gasteiger partial charge on any atom is 0.374 e. The molecule has 0 fully saturated rings. The van der Waals surface area contributed by atoms with Gasteiger partial charge in [0.2, 0.25) is 5.76 Å². The van der Waals surface area contributed by atoms with Crippen LogP contribution in [0.5, 0.6) is 5.95 Å². The highest BCUT2D eigenvalue weighted by Crippen LogP contribution is 2.44. The number of esters is 1. The predicted octanol–water partition coefficient (Wildman–Crippen LogP) is 4.41. The van der Waals surface area contributed by atoms with Crippen LogP contribution in [0.4, 0.5) is 0 Å². The molecule has 116 valence electrons. The molecule has 0 aliphatic heterocycles. The van der Waals surface area contributed by atoms with E-state index in [9.17, 15) is 4.79 Å². The molecule has 3 rings (SSSR count). The SMILES string of the molecule is COC(=O)c1oc(OC)c(-c2ccccc2)c1-c1ccccc1. The molecule has 0 aliphatic rings. The summed E-state index contributed by atoms with van der Waals surface area (Å²) in [4.78, 5) is 12.1. The topological polar surface area (TPSA) is 48.7 Å². The summed E-state index contributed by atoms with van der Waals surface area (Å²) >= 11 is 0. The lowest BCUT2D eigenvalue weighted by Crippen LogP contribution is -2.01. The minimum Gasteiger partial charge on any atom is -0.468 e. The maximum absolute atomic E-state index is 12.1. The van der Waals surface area contributed by atoms with Crippen molar-refractivity contribution >= 4 is 5.97 Å². The minimum atomic E-state index is -0.538. The van der Waals surface area contributed by atoms with E-state index in [2.05, 4.69) is 0 Å². The monoisotopic (exact) mass is 308 g/mol. The predicted molar refractivity (Wildman–Crippen MR) is 87.5 cm³/mol. The van der Waals surface area contributed by atoms with Gasteiger partial charge in [0.1, 0.15) is 0 Å². The lowest BCUT2D eigenvalue weighted by molar-refractivity contribution is 0.0560. The summed E-state index contributed by atoms with van der Waals surface area (Å²) in [5.41, 5.74) is 3.17. The summed E-state index contributed by atoms with van der Waals surface area (Å²) in [6, 6.07) is 19.2. The minimum absolute atomic E-state index is 0.134. The number of furan rings is 1. The summed E-state index contributed by atoms with van der Waals surface area (Å²) in [7, 11) is 2.84. The average Bonchev–Trinajstić information content (AvgIpc) is 3.02. The molecule has 3 aromatic rings. The molecule has 4 heteroatoms. The van der Waals surface area contributed by atoms with Crippen molar-refractivity contribution in [2.75, 3.05) is 14.2 Å². The third-order valence-corrected chi connectivity index (χ3v) is 3.56. The molecule has 0 N–H and O–H groups in total. The smallest absolute Gasteiger partial charge is 0.374 e. The number of hydrogen-bond donors (Lipinski definition) is 0. The number of hydrogen-bond acceptors (Lipinski definition) is 4. The highest BCUT2D eigenvalue weighted by Gasteiger charge is 2.28. The summed E-state index contributed by atoms with van der Waals surface area (Å²) < 4.78 is 15.9. The van der Waals surface area contributed by atoms with Crippen LogP contribution in [0.25, 0.3) is 22.3 Å². The van der Waals surface area contributed by atoms with Crippen molar-refractivity contribution < 1.29 is 18.7 Å². The van der Waals surface area contributed by atoms with E-state index in [1.807, 2.05) is 60.7 Å². The fraction of sp³-hybridized carbons (Fsp3) is 0.105. The van der Waals surface area contributed by atoms with Crippen LogP contribution in [0.1, 0.15) is 10.6 Å². The molecule has 0 saturated carbocycles. The van der Waals surface area contributed by atoms with Gasteiger partial charge in [-0.05, 0) is 11.1 Å². The lowest BCUT2D eigenvalue weighted by atomic mass is 9.96. The molecule has 0 spiro atoms. The van der Waals surface area contributed by atoms with Gasteiger partial charge in [-0.1, -0.05) is 60.7 Å². The van der Waals surface area contributed by atoms with Crippen LogP contribution in [0.2, 0.25) is 0 Å². The van der Waals surface area contributed by atoms with Gasteiger partial charge in [0.05, 0.1) is 19.8 Å². The van der Waals surface area contributed by atoms with Gasteiger partial charge in [0, 0.05) is 5.56 Å². The number of methoxy groups -OCH3 is 2. The molecular formula is C19H16O4. The quantitative estimate of drug-likeness (QED) is 0.670. The van der Waals surface area contributed by atoms with Crippen LogP contribution >= 0.6 is 0 Å². The summed E-state index contributed by atoms with van der Waals surface area (Å²) in [5.74, 6) is -0.116. The zero-order chi connectivity index (χ0) is 16.2. The molecular weight excluding hydrogens is 292 g/mol. The third-order valence-electron chi connectivity index (χ3n) is 3.56. The molecule has 0 saturated heterocycles. The van der Waals surface area contributed by atoms with Crippen LogP contribution in [0.3, 0.4) is 0 Å². The van der Waals surface area contributed by atoms with Gasteiger partial charge in [-0.3, -0.25) is 0 Å². The van der Waals surface area contributed by atoms with Gasteiger partial charge >= 0.3 is 5.97 Å². The normalized spacial score (nSPS) is 10.3. The van der Waals surface area contributed by atoms with Crippen LogP contribution in [-0.2, 0) is 4.74 Å². The molecule has 1 aromatic heterocycles. The van der Waals surface area contributed by atoms with Gasteiger partial charge in [-0.25, -0.2) is 4.79 Å². The first-order chi connectivity index (χ1) is 11.3. The number of benzene rings is 2. The van der Waals surface area contributed by atoms with Crippen LogP contribution < -0.4 is 4.74 Å². The number of carbonyl (C=O) groups excluding carboxylic acids is 1. The summed E-state index contributed by atoms with van der Waals surface area (Å²) in [5, 5.41) is 0. The van der Waals surface area contributed by atoms with Gasteiger partial charge in [-0.15, -0.1) is 0 Å². The fourth-order valence-electron chi connectivity index (χ4n) is 2.54. The Balaban J connectivity index is 2.33. The van der Waals surface area contributed by atoms with E-state index in [1.54, 1.807) is 0 Å². The zero-order valence-electron chi connectivity index (χ0n) is 12.9. The summed E-state index contributed by atoms with van der Waals surface area (Å²) in [6.07, 6.45) is 0. The maximum atomic E-state index is 12.1. The van der Waals surface area contributed by atoms with Crippen molar-refractivity contribution in [1.82, 2.24) is 0 Å². The molecule has 0 atom stereocenters. The van der Waals surface area contributed by atoms with E-state index in [1.165, 1.54) is 14.2 Å². The van der Waals surface area contributed by atoms with Crippen molar-refractivity contribution in [2.45, 2.75) is 0 Å². The van der Waals surface area contributed by atoms with Crippen molar-refractivity contribution in [3.05, 3.63) is 66.4 Å². The van der Waals surface area contributed by atoms with Crippen molar-refractivity contribution in [1.29, 1.82) is 0 Å². The highest BCUT2D eigenvalue weighted by molar-refractivity contribution is 6.01. The Labute approximate surface area is 134 Å². The zero-order valence-corrected chi connectivity index (χ0v) is 12.9. The Hall–Kier alpha value is -3.01. The molecule has 0 radical (unpaired) electrons. The lowest BCUT2D eigenvalue weighted by Gasteiger charge is -2.06. The first-order valence-corrected chi connectivity index (χ1v) is 7.16. The standard InChI is InChI=1S/C19H16O4/c1-21-18(20)17-15(13-9-5-3-6-10-13)16(19(22-2)23-17)14-11-7-4-8-12-14/h3-12H,1-2H3. The molecule has 0 aliphatic carbocycles. The largest absolute Gasteiger partial charge is 0.468 e. The first-order valence-electron chi connectivity index (χ1n) is 7.16. The number of carbonyl (C=O) groups is 1. The van der Waals surface area contributed by atoms with Gasteiger partial charge in [-0.2, -0.15) is 0 Å². The second-order valence-corrected chi connectivity index (χ2v) is 4.90. The van der Waals surface area contributed by atoms with Gasteiger partial charge < -0.3 is 13.9 Å². The first kappa shape index (κ1) is 14.9. The Morgan fingerprint density at radius 1 is 0.826 bits per heavy atom. The van der Waals surface area contributed by atoms with Gasteiger partial charge in [0.25, 0.3) is 5.95 Å². The fourth-order valence-corrected chi connectivity index (χ4v) is 2.54. The van der Waals surface area contributed by atoms with E-state index in [0.717, 1.165) is 16.7 Å². The molecule has 2 aromatic carbocycles. The Morgan fingerprint density at radius 3 is 1.83 bits per heavy atom. The highest BCUT2D eigenvalue weighted by atomic mass is 16.6. The van der Waals surface area contributed by atoms with Crippen molar-refractivity contribution in [3.8, 4) is 28.2 Å². The second kappa shape index (κ2) is 6.40. The van der Waals surface area contributed by atoms with E-state index < -0.39 is 5.97 Å². The molecule has 1 heterocycles. The van der Waals surface area contributed by atoms with E-state index in [4.69, 9.17) is 13.9 Å². The van der Waals surface area contributed by atoms with Crippen LogP contribution in [0, 0.1) is 0 Å². The third kappa shape index (κ3) is 2.71. The Morgan fingerprint density at radius 2 is 1.35 bits per heavy atom. The summed E-state index contributed by atoms with van der Waals surface area (Å²) in [6.45, 7) is 0. The van der Waals surface area contributed by atoms with Crippen LogP contribution in [-0.4, -0.2) is 20.2 Å². The number of ether oxygens (including phenoxy) is 2. The van der Waals surface area contributed by atoms with Gasteiger partial charge in [0.15, 0.2) is 0 Å². The van der Waals surface area contributed by atoms with Crippen LogP contribution in [0.15, 0.2) is 65.1 Å². The van der Waals surface area contributed by atoms with Crippen molar-refractivity contribution in [3.63, 3.8) is 0 Å². The molecule has 0 bridgehead atoms. The van der Waals surface area contributed by atoms with E-state index in [0.29, 0.717) is 5.56 Å². The van der Waals surface area contributed by atoms with E-state index in [-0.39, 0.29) is 11.7 Å². The molecule has 23 heavy (non-hydrogen) atoms. The Kier molecular flexibility index (Phi) is 4.15. The van der Waals surface area contributed by atoms with Crippen molar-refractivity contribution in [2.24, 2.45) is 0 Å². The second-order valence-electron chi connectivity index (χ2n) is 4.90. The van der Waals surface area contributed by atoms with E-state index >= 15 is 0 Å². The number of rotatable bonds is 4. The average molecular weight is 308 g/mol. The molecule has 4 nitrogen and oxygen atoms in total. The molecule has 0 unspecified atom stereocenters.